The standard InChI is InChI=1S/C24H32N4O3/c1-16(2)13-18(15-25)26-23(30)19-8-4-5-9-20(19)27-24(31)22-14-17-7-3-6-10-21(17)28(22)11-12-29/h3,6-7,10,14,16,18-20,29H,4-5,8-9,11-13H2,1-2H3,(H,26,30)(H,27,31)/t18-,19+,20-/m0/s1. The molecule has 7 nitrogen and oxygen atoms in total. The van der Waals surface area contributed by atoms with Gasteiger partial charge in [-0.2, -0.15) is 5.26 Å². The monoisotopic (exact) mass is 424 g/mol. The van der Waals surface area contributed by atoms with Crippen LogP contribution in [-0.2, 0) is 11.3 Å². The largest absolute Gasteiger partial charge is 0.395 e. The maximum Gasteiger partial charge on any atom is 0.268 e. The van der Waals surface area contributed by atoms with Crippen molar-refractivity contribution in [3.63, 3.8) is 0 Å². The molecule has 3 rings (SSSR count). The van der Waals surface area contributed by atoms with Crippen LogP contribution in [0.2, 0.25) is 0 Å². The predicted molar refractivity (Wildman–Crippen MR) is 119 cm³/mol. The predicted octanol–water partition coefficient (Wildman–Crippen LogP) is 2.98. The second-order valence-corrected chi connectivity index (χ2v) is 8.75. The van der Waals surface area contributed by atoms with E-state index in [-0.39, 0.29) is 30.4 Å². The Morgan fingerprint density at radius 1 is 1.26 bits per heavy atom. The van der Waals surface area contributed by atoms with E-state index in [2.05, 4.69) is 16.7 Å². The molecule has 0 unspecified atom stereocenters. The summed E-state index contributed by atoms with van der Waals surface area (Å²) in [7, 11) is 0. The number of carbonyl (C=O) groups excluding carboxylic acids is 2. The lowest BCUT2D eigenvalue weighted by Crippen LogP contribution is -2.50. The van der Waals surface area contributed by atoms with Gasteiger partial charge in [0.2, 0.25) is 5.91 Å². The minimum Gasteiger partial charge on any atom is -0.395 e. The second-order valence-electron chi connectivity index (χ2n) is 8.75. The Morgan fingerprint density at radius 3 is 2.71 bits per heavy atom. The lowest BCUT2D eigenvalue weighted by atomic mass is 9.83. The molecule has 0 aliphatic heterocycles. The fourth-order valence-corrected chi connectivity index (χ4v) is 4.49. The average Bonchev–Trinajstić information content (AvgIpc) is 3.12. The molecule has 3 N–H and O–H groups in total. The maximum atomic E-state index is 13.2. The zero-order valence-corrected chi connectivity index (χ0v) is 18.3. The van der Waals surface area contributed by atoms with Crippen molar-refractivity contribution in [1.82, 2.24) is 15.2 Å². The van der Waals surface area contributed by atoms with Crippen LogP contribution in [0.4, 0.5) is 0 Å². The summed E-state index contributed by atoms with van der Waals surface area (Å²) >= 11 is 0. The fourth-order valence-electron chi connectivity index (χ4n) is 4.49. The SMILES string of the molecule is CC(C)C[C@@H](C#N)NC(=O)[C@@H]1CCCC[C@@H]1NC(=O)c1cc2ccccc2n1CCO. The Balaban J connectivity index is 1.76. The highest BCUT2D eigenvalue weighted by Gasteiger charge is 2.33. The van der Waals surface area contributed by atoms with E-state index in [0.29, 0.717) is 31.0 Å². The average molecular weight is 425 g/mol. The number of aliphatic hydroxyl groups excluding tert-OH is 1. The van der Waals surface area contributed by atoms with E-state index >= 15 is 0 Å². The quantitative estimate of drug-likeness (QED) is 0.605. The van der Waals surface area contributed by atoms with E-state index in [0.717, 1.165) is 30.2 Å². The molecule has 1 aromatic heterocycles. The molecular formula is C24H32N4O3. The molecule has 1 aliphatic carbocycles. The number of amides is 2. The van der Waals surface area contributed by atoms with Gasteiger partial charge in [-0.1, -0.05) is 44.9 Å². The molecule has 1 fully saturated rings. The number of hydrogen-bond acceptors (Lipinski definition) is 4. The van der Waals surface area contributed by atoms with E-state index in [1.54, 1.807) is 0 Å². The van der Waals surface area contributed by atoms with Crippen molar-refractivity contribution in [1.29, 1.82) is 5.26 Å². The van der Waals surface area contributed by atoms with Gasteiger partial charge in [0, 0.05) is 23.5 Å². The van der Waals surface area contributed by atoms with Crippen LogP contribution in [0.1, 0.15) is 56.4 Å². The summed E-state index contributed by atoms with van der Waals surface area (Å²) in [4.78, 5) is 26.1. The van der Waals surface area contributed by atoms with Crippen molar-refractivity contribution in [2.45, 2.75) is 64.6 Å². The van der Waals surface area contributed by atoms with Crippen molar-refractivity contribution in [2.75, 3.05) is 6.61 Å². The first-order valence-electron chi connectivity index (χ1n) is 11.1. The molecule has 3 atom stereocenters. The summed E-state index contributed by atoms with van der Waals surface area (Å²) in [5.74, 6) is -0.446. The Labute approximate surface area is 183 Å². The molecule has 31 heavy (non-hydrogen) atoms. The van der Waals surface area contributed by atoms with Crippen LogP contribution in [0, 0.1) is 23.2 Å². The zero-order valence-electron chi connectivity index (χ0n) is 18.3. The number of carbonyl (C=O) groups is 2. The minimum atomic E-state index is -0.516. The van der Waals surface area contributed by atoms with Gasteiger partial charge in [0.15, 0.2) is 0 Å². The lowest BCUT2D eigenvalue weighted by molar-refractivity contribution is -0.127. The van der Waals surface area contributed by atoms with Gasteiger partial charge in [-0.05, 0) is 37.3 Å². The number of aromatic nitrogens is 1. The molecule has 1 aliphatic rings. The van der Waals surface area contributed by atoms with Crippen LogP contribution < -0.4 is 10.6 Å². The number of benzene rings is 1. The molecule has 0 saturated heterocycles. The third-order valence-corrected chi connectivity index (χ3v) is 5.97. The van der Waals surface area contributed by atoms with E-state index in [4.69, 9.17) is 0 Å². The van der Waals surface area contributed by atoms with Gasteiger partial charge in [0.05, 0.1) is 18.6 Å². The molecule has 0 radical (unpaired) electrons. The molecule has 2 amide bonds. The summed E-state index contributed by atoms with van der Waals surface area (Å²) in [6.07, 6.45) is 3.90. The summed E-state index contributed by atoms with van der Waals surface area (Å²) < 4.78 is 1.82. The van der Waals surface area contributed by atoms with Crippen molar-refractivity contribution < 1.29 is 14.7 Å². The first-order valence-corrected chi connectivity index (χ1v) is 11.1. The van der Waals surface area contributed by atoms with Gasteiger partial charge in [0.25, 0.3) is 5.91 Å². The first kappa shape index (κ1) is 22.8. The van der Waals surface area contributed by atoms with E-state index in [1.807, 2.05) is 48.7 Å². The van der Waals surface area contributed by atoms with E-state index < -0.39 is 6.04 Å². The lowest BCUT2D eigenvalue weighted by Gasteiger charge is -2.32. The molecule has 0 spiro atoms. The molecule has 0 bridgehead atoms. The molecule has 2 aromatic rings. The third kappa shape index (κ3) is 5.45. The fraction of sp³-hybridized carbons (Fsp3) is 0.542. The highest BCUT2D eigenvalue weighted by atomic mass is 16.3. The Bertz CT molecular complexity index is 959. The Morgan fingerprint density at radius 2 is 2.00 bits per heavy atom. The Hall–Kier alpha value is -2.85. The molecule has 1 saturated carbocycles. The van der Waals surface area contributed by atoms with Crippen LogP contribution in [0.25, 0.3) is 10.9 Å². The normalized spacial score (nSPS) is 19.7. The van der Waals surface area contributed by atoms with Crippen LogP contribution in [0.5, 0.6) is 0 Å². The van der Waals surface area contributed by atoms with Crippen LogP contribution >= 0.6 is 0 Å². The molecule has 1 aromatic carbocycles. The number of hydrogen-bond donors (Lipinski definition) is 3. The number of fused-ring (bicyclic) bond motifs is 1. The van der Waals surface area contributed by atoms with Crippen molar-refractivity contribution in [3.8, 4) is 6.07 Å². The smallest absolute Gasteiger partial charge is 0.268 e. The van der Waals surface area contributed by atoms with Crippen LogP contribution in [0.3, 0.4) is 0 Å². The van der Waals surface area contributed by atoms with E-state index in [1.165, 1.54) is 0 Å². The van der Waals surface area contributed by atoms with Crippen molar-refractivity contribution in [2.24, 2.45) is 11.8 Å². The number of para-hydroxylation sites is 1. The molecule has 7 heteroatoms. The summed E-state index contributed by atoms with van der Waals surface area (Å²) in [6, 6.07) is 10.9. The van der Waals surface area contributed by atoms with E-state index in [9.17, 15) is 20.0 Å². The van der Waals surface area contributed by atoms with Gasteiger partial charge < -0.3 is 20.3 Å². The van der Waals surface area contributed by atoms with Gasteiger partial charge in [-0.3, -0.25) is 9.59 Å². The van der Waals surface area contributed by atoms with Gasteiger partial charge in [-0.25, -0.2) is 0 Å². The number of rotatable bonds is 8. The van der Waals surface area contributed by atoms with Crippen LogP contribution in [0.15, 0.2) is 30.3 Å². The van der Waals surface area contributed by atoms with Crippen molar-refractivity contribution >= 4 is 22.7 Å². The first-order chi connectivity index (χ1) is 14.9. The molecule has 166 valence electrons. The summed E-state index contributed by atoms with van der Waals surface area (Å²) in [5, 5.41) is 25.7. The van der Waals surface area contributed by atoms with Crippen molar-refractivity contribution in [3.05, 3.63) is 36.0 Å². The van der Waals surface area contributed by atoms with Crippen LogP contribution in [-0.4, -0.2) is 40.2 Å². The summed E-state index contributed by atoms with van der Waals surface area (Å²) in [6.45, 7) is 4.29. The number of aliphatic hydroxyl groups is 1. The van der Waals surface area contributed by atoms with Gasteiger partial charge >= 0.3 is 0 Å². The van der Waals surface area contributed by atoms with Gasteiger partial charge in [-0.15, -0.1) is 0 Å². The summed E-state index contributed by atoms with van der Waals surface area (Å²) in [5.41, 5.74) is 1.37. The molecule has 1 heterocycles. The maximum absolute atomic E-state index is 13.2. The third-order valence-electron chi connectivity index (χ3n) is 5.97. The number of nitriles is 1. The highest BCUT2D eigenvalue weighted by Crippen LogP contribution is 2.26. The minimum absolute atomic E-state index is 0.0706. The topological polar surface area (TPSA) is 107 Å². The van der Waals surface area contributed by atoms with Gasteiger partial charge in [0.1, 0.15) is 11.7 Å². The second kappa shape index (κ2) is 10.5. The highest BCUT2D eigenvalue weighted by molar-refractivity contribution is 5.99. The number of nitrogens with one attached hydrogen (secondary N) is 2. The zero-order chi connectivity index (χ0) is 22.4. The Kier molecular flexibility index (Phi) is 7.69. The number of nitrogens with zero attached hydrogens (tertiary/aromatic N) is 2. The molecular weight excluding hydrogens is 392 g/mol.